The number of aromatic nitrogens is 2. The Labute approximate surface area is 208 Å². The zero-order valence-electron chi connectivity index (χ0n) is 19.1. The van der Waals surface area contributed by atoms with Crippen LogP contribution in [0.4, 0.5) is 24.9 Å². The summed E-state index contributed by atoms with van der Waals surface area (Å²) in [7, 11) is 0. The number of benzene rings is 1. The Morgan fingerprint density at radius 2 is 1.79 bits per heavy atom. The number of alkyl halides is 3. The second-order valence-electron chi connectivity index (χ2n) is 9.40. The molecule has 5 nitrogen and oxygen atoms in total. The zero-order chi connectivity index (χ0) is 24.3. The Hall–Kier alpha value is -2.13. The molecule has 4 rings (SSSR count). The van der Waals surface area contributed by atoms with Gasteiger partial charge in [-0.1, -0.05) is 43.5 Å². The second kappa shape index (κ2) is 10.2. The Kier molecular flexibility index (Phi) is 7.52. The lowest BCUT2D eigenvalue weighted by Gasteiger charge is -2.32. The third-order valence-corrected chi connectivity index (χ3v) is 7.44. The van der Waals surface area contributed by atoms with Crippen LogP contribution < -0.4 is 15.5 Å². The first-order valence-electron chi connectivity index (χ1n) is 11.7. The number of halogens is 4. The lowest BCUT2D eigenvalue weighted by molar-refractivity contribution is -0.141. The summed E-state index contributed by atoms with van der Waals surface area (Å²) in [6.45, 7) is 4.05. The first kappa shape index (κ1) is 25.0. The Morgan fingerprint density at radius 3 is 2.41 bits per heavy atom. The molecule has 184 valence electrons. The van der Waals surface area contributed by atoms with E-state index in [-0.39, 0.29) is 22.3 Å². The predicted molar refractivity (Wildman–Crippen MR) is 133 cm³/mol. The fourth-order valence-electron chi connectivity index (χ4n) is 4.85. The molecule has 1 aromatic carbocycles. The van der Waals surface area contributed by atoms with E-state index >= 15 is 0 Å². The third-order valence-electron chi connectivity index (χ3n) is 6.94. The molecule has 2 N–H and O–H groups in total. The van der Waals surface area contributed by atoms with Crippen LogP contribution in [0.3, 0.4) is 0 Å². The van der Waals surface area contributed by atoms with Gasteiger partial charge in [0, 0.05) is 36.1 Å². The van der Waals surface area contributed by atoms with E-state index in [9.17, 15) is 13.2 Å². The van der Waals surface area contributed by atoms with Gasteiger partial charge in [-0.05, 0) is 61.5 Å². The monoisotopic (exact) mass is 511 g/mol. The van der Waals surface area contributed by atoms with Crippen LogP contribution in [0.25, 0.3) is 0 Å². The van der Waals surface area contributed by atoms with Crippen LogP contribution in [0.5, 0.6) is 0 Å². The molecule has 0 spiro atoms. The van der Waals surface area contributed by atoms with Crippen molar-refractivity contribution in [3.63, 3.8) is 0 Å². The number of anilines is 2. The molecule has 0 amide bonds. The van der Waals surface area contributed by atoms with E-state index in [1.54, 1.807) is 0 Å². The molecule has 2 aliphatic rings. The fourth-order valence-corrected chi connectivity index (χ4v) is 5.14. The van der Waals surface area contributed by atoms with Gasteiger partial charge in [0.2, 0.25) is 5.95 Å². The minimum Gasteiger partial charge on any atom is -0.361 e. The molecule has 0 radical (unpaired) electrons. The Bertz CT molecular complexity index is 1000. The van der Waals surface area contributed by atoms with E-state index in [0.29, 0.717) is 30.6 Å². The number of thiocarbonyl (C=S) groups is 1. The molecule has 34 heavy (non-hydrogen) atoms. The molecule has 2 aromatic rings. The van der Waals surface area contributed by atoms with Crippen LogP contribution >= 0.6 is 23.8 Å². The maximum atomic E-state index is 13.5. The van der Waals surface area contributed by atoms with Crippen molar-refractivity contribution in [2.45, 2.75) is 57.0 Å². The van der Waals surface area contributed by atoms with Crippen molar-refractivity contribution in [1.29, 1.82) is 0 Å². The van der Waals surface area contributed by atoms with Gasteiger partial charge in [0.15, 0.2) is 10.8 Å². The second-order valence-corrected chi connectivity index (χ2v) is 10.2. The molecule has 1 aliphatic carbocycles. The minimum atomic E-state index is -4.57. The minimum absolute atomic E-state index is 0.0966. The van der Waals surface area contributed by atoms with Gasteiger partial charge < -0.3 is 15.5 Å². The van der Waals surface area contributed by atoms with Crippen LogP contribution in [0.2, 0.25) is 5.02 Å². The molecule has 1 aliphatic heterocycles. The van der Waals surface area contributed by atoms with Gasteiger partial charge >= 0.3 is 6.18 Å². The third kappa shape index (κ3) is 5.92. The maximum absolute atomic E-state index is 13.5. The quantitative estimate of drug-likeness (QED) is 0.467. The number of hydrogen-bond donors (Lipinski definition) is 2. The lowest BCUT2D eigenvalue weighted by atomic mass is 9.79. The van der Waals surface area contributed by atoms with E-state index < -0.39 is 11.9 Å². The number of piperidine rings is 1. The summed E-state index contributed by atoms with van der Waals surface area (Å²) in [6, 6.07) is 8.85. The van der Waals surface area contributed by atoms with Crippen molar-refractivity contribution >= 4 is 40.7 Å². The largest absolute Gasteiger partial charge is 0.433 e. The fraction of sp³-hybridized carbons (Fsp3) is 0.542. The summed E-state index contributed by atoms with van der Waals surface area (Å²) in [5, 5.41) is 6.89. The highest BCUT2D eigenvalue weighted by molar-refractivity contribution is 7.80. The smallest absolute Gasteiger partial charge is 0.361 e. The zero-order valence-corrected chi connectivity index (χ0v) is 20.7. The molecule has 2 heterocycles. The van der Waals surface area contributed by atoms with E-state index in [2.05, 4.69) is 27.5 Å². The molecule has 1 aromatic heterocycles. The highest BCUT2D eigenvalue weighted by atomic mass is 35.5. The molecular weight excluding hydrogens is 483 g/mol. The van der Waals surface area contributed by atoms with Crippen molar-refractivity contribution in [1.82, 2.24) is 15.3 Å². The van der Waals surface area contributed by atoms with Gasteiger partial charge in [0.05, 0.1) is 0 Å². The number of nitrogens with one attached hydrogen (secondary N) is 2. The van der Waals surface area contributed by atoms with Crippen molar-refractivity contribution in [3.05, 3.63) is 46.6 Å². The topological polar surface area (TPSA) is 53.1 Å². The van der Waals surface area contributed by atoms with E-state index in [1.807, 2.05) is 29.2 Å². The summed E-state index contributed by atoms with van der Waals surface area (Å²) in [6.07, 6.45) is 1.48. The van der Waals surface area contributed by atoms with Crippen LogP contribution in [0, 0.1) is 5.92 Å². The molecule has 0 bridgehead atoms. The Morgan fingerprint density at radius 1 is 1.15 bits per heavy atom. The molecule has 10 heteroatoms. The van der Waals surface area contributed by atoms with Gasteiger partial charge in [0.25, 0.3) is 0 Å². The van der Waals surface area contributed by atoms with Gasteiger partial charge in [-0.2, -0.15) is 18.2 Å². The highest BCUT2D eigenvalue weighted by Crippen LogP contribution is 2.41. The van der Waals surface area contributed by atoms with Crippen LogP contribution in [0.15, 0.2) is 30.3 Å². The molecule has 0 unspecified atom stereocenters. The predicted octanol–water partition coefficient (Wildman–Crippen LogP) is 6.18. The standard InChI is InChI=1S/C24H29ClF3N5S/c1-16-8-12-33(13-9-16)20-14-19(24(26,27)28)30-21(31-20)32-22(34)29-15-23(10-2-3-11-23)17-4-6-18(25)7-5-17/h4-7,14,16H,2-3,8-13,15H2,1H3,(H2,29,30,31,32,34). The van der Waals surface area contributed by atoms with Crippen LogP contribution in [0.1, 0.15) is 56.7 Å². The molecule has 0 atom stereocenters. The van der Waals surface area contributed by atoms with Crippen molar-refractivity contribution in [2.24, 2.45) is 5.92 Å². The first-order valence-corrected chi connectivity index (χ1v) is 12.5. The summed E-state index contributed by atoms with van der Waals surface area (Å²) >= 11 is 11.5. The maximum Gasteiger partial charge on any atom is 0.433 e. The summed E-state index contributed by atoms with van der Waals surface area (Å²) in [5.74, 6) is 0.680. The number of hydrogen-bond acceptors (Lipinski definition) is 4. The summed E-state index contributed by atoms with van der Waals surface area (Å²) < 4.78 is 40.6. The van der Waals surface area contributed by atoms with Crippen molar-refractivity contribution in [2.75, 3.05) is 29.9 Å². The van der Waals surface area contributed by atoms with Crippen LogP contribution in [-0.2, 0) is 11.6 Å². The van der Waals surface area contributed by atoms with E-state index in [4.69, 9.17) is 23.8 Å². The van der Waals surface area contributed by atoms with Crippen molar-refractivity contribution < 1.29 is 13.2 Å². The SMILES string of the molecule is CC1CCN(c2cc(C(F)(F)F)nc(NC(=S)NCC3(c4ccc(Cl)cc4)CCCC3)n2)CC1. The normalized spacial score (nSPS) is 18.7. The Balaban J connectivity index is 1.48. The van der Waals surface area contributed by atoms with Gasteiger partial charge in [0.1, 0.15) is 5.82 Å². The van der Waals surface area contributed by atoms with E-state index in [0.717, 1.165) is 44.6 Å². The van der Waals surface area contributed by atoms with Gasteiger partial charge in [-0.25, -0.2) is 4.98 Å². The summed E-state index contributed by atoms with van der Waals surface area (Å²) in [4.78, 5) is 9.95. The first-order chi connectivity index (χ1) is 16.1. The van der Waals surface area contributed by atoms with Crippen molar-refractivity contribution in [3.8, 4) is 0 Å². The van der Waals surface area contributed by atoms with E-state index in [1.165, 1.54) is 5.56 Å². The summed E-state index contributed by atoms with van der Waals surface area (Å²) in [5.41, 5.74) is 0.109. The number of rotatable bonds is 5. The molecular formula is C24H29ClF3N5S. The average Bonchev–Trinajstić information content (AvgIpc) is 3.28. The highest BCUT2D eigenvalue weighted by Gasteiger charge is 2.36. The molecule has 1 saturated carbocycles. The molecule has 1 saturated heterocycles. The average molecular weight is 512 g/mol. The van der Waals surface area contributed by atoms with Crippen LogP contribution in [-0.4, -0.2) is 34.7 Å². The molecule has 2 fully saturated rings. The van der Waals surface area contributed by atoms with Gasteiger partial charge in [-0.3, -0.25) is 0 Å². The lowest BCUT2D eigenvalue weighted by Crippen LogP contribution is -2.41. The van der Waals surface area contributed by atoms with Gasteiger partial charge in [-0.15, -0.1) is 0 Å². The number of nitrogens with zero attached hydrogens (tertiary/aromatic N) is 3.